The monoisotopic (exact) mass is 330 g/mol. The second-order valence-electron chi connectivity index (χ2n) is 5.39. The molecule has 0 saturated carbocycles. The molecule has 0 aliphatic carbocycles. The predicted molar refractivity (Wildman–Crippen MR) is 85.7 cm³/mol. The van der Waals surface area contributed by atoms with Crippen molar-refractivity contribution in [3.8, 4) is 5.75 Å². The minimum atomic E-state index is -0.484. The van der Waals surface area contributed by atoms with E-state index in [0.717, 1.165) is 5.56 Å². The smallest absolute Gasteiger partial charge is 0.271 e. The number of nitro benzene ring substituents is 1. The van der Waals surface area contributed by atoms with E-state index >= 15 is 0 Å². The third-order valence-corrected chi connectivity index (χ3v) is 3.89. The molecule has 3 rings (SSSR count). The number of halogens is 1. The van der Waals surface area contributed by atoms with E-state index in [1.54, 1.807) is 18.2 Å². The van der Waals surface area contributed by atoms with Crippen LogP contribution in [-0.2, 0) is 11.2 Å². The molecule has 0 spiro atoms. The lowest BCUT2D eigenvalue weighted by atomic mass is 10.1. The van der Waals surface area contributed by atoms with Gasteiger partial charge >= 0.3 is 0 Å². The minimum absolute atomic E-state index is 0.0422. The van der Waals surface area contributed by atoms with E-state index in [-0.39, 0.29) is 30.4 Å². The summed E-state index contributed by atoms with van der Waals surface area (Å²) in [5.41, 5.74) is 1.43. The normalized spacial score (nSPS) is 12.8. The summed E-state index contributed by atoms with van der Waals surface area (Å²) in [4.78, 5) is 24.3. The Labute approximate surface area is 137 Å². The molecule has 7 heteroatoms. The standard InChI is InChI=1S/C17H15FN2O4/c18-14-3-1-2-4-16(14)24-10-8-17(21)19-9-7-12-5-6-13(20(22)23)11-15(12)19/h1-6,11H,7-10H2. The van der Waals surface area contributed by atoms with Crippen LogP contribution in [0.1, 0.15) is 12.0 Å². The first-order valence-electron chi connectivity index (χ1n) is 7.51. The fourth-order valence-corrected chi connectivity index (χ4v) is 2.69. The topological polar surface area (TPSA) is 72.7 Å². The van der Waals surface area contributed by atoms with Gasteiger partial charge in [-0.1, -0.05) is 18.2 Å². The summed E-state index contributed by atoms with van der Waals surface area (Å²) >= 11 is 0. The van der Waals surface area contributed by atoms with E-state index in [1.807, 2.05) is 0 Å². The van der Waals surface area contributed by atoms with Gasteiger partial charge in [0, 0.05) is 18.7 Å². The average Bonchev–Trinajstić information content (AvgIpc) is 2.99. The molecule has 0 saturated heterocycles. The van der Waals surface area contributed by atoms with Crippen LogP contribution in [-0.4, -0.2) is 24.0 Å². The quantitative estimate of drug-likeness (QED) is 0.624. The number of nitrogens with zero attached hydrogens (tertiary/aromatic N) is 2. The Balaban J connectivity index is 1.64. The zero-order chi connectivity index (χ0) is 17.1. The number of benzene rings is 2. The van der Waals surface area contributed by atoms with Gasteiger partial charge in [0.05, 0.1) is 23.6 Å². The van der Waals surface area contributed by atoms with Gasteiger partial charge < -0.3 is 9.64 Å². The molecule has 1 aliphatic heterocycles. The van der Waals surface area contributed by atoms with Crippen LogP contribution in [0.5, 0.6) is 5.75 Å². The fourth-order valence-electron chi connectivity index (χ4n) is 2.69. The van der Waals surface area contributed by atoms with E-state index in [4.69, 9.17) is 4.74 Å². The number of para-hydroxylation sites is 1. The number of fused-ring (bicyclic) bond motifs is 1. The molecule has 0 N–H and O–H groups in total. The van der Waals surface area contributed by atoms with E-state index in [9.17, 15) is 19.3 Å². The predicted octanol–water partition coefficient (Wildman–Crippen LogP) is 3.09. The Morgan fingerprint density at radius 2 is 2.08 bits per heavy atom. The van der Waals surface area contributed by atoms with E-state index in [2.05, 4.69) is 0 Å². The van der Waals surface area contributed by atoms with Gasteiger partial charge in [-0.05, 0) is 24.1 Å². The number of carbonyl (C=O) groups is 1. The molecule has 1 aliphatic rings. The molecule has 2 aromatic rings. The first kappa shape index (κ1) is 15.9. The third kappa shape index (κ3) is 3.19. The highest BCUT2D eigenvalue weighted by molar-refractivity contribution is 5.95. The largest absolute Gasteiger partial charge is 0.490 e. The van der Waals surface area contributed by atoms with E-state index < -0.39 is 10.7 Å². The average molecular weight is 330 g/mol. The molecule has 0 bridgehead atoms. The van der Waals surface area contributed by atoms with Crippen LogP contribution < -0.4 is 9.64 Å². The van der Waals surface area contributed by atoms with Crippen LogP contribution >= 0.6 is 0 Å². The maximum atomic E-state index is 13.4. The van der Waals surface area contributed by atoms with Crippen molar-refractivity contribution in [2.24, 2.45) is 0 Å². The Kier molecular flexibility index (Phi) is 4.41. The van der Waals surface area contributed by atoms with Crippen molar-refractivity contribution in [2.45, 2.75) is 12.8 Å². The summed E-state index contributed by atoms with van der Waals surface area (Å²) in [7, 11) is 0. The Morgan fingerprint density at radius 3 is 2.83 bits per heavy atom. The number of amides is 1. The van der Waals surface area contributed by atoms with Crippen molar-refractivity contribution in [3.05, 3.63) is 64.0 Å². The molecule has 0 unspecified atom stereocenters. The number of rotatable bonds is 5. The number of nitro groups is 1. The third-order valence-electron chi connectivity index (χ3n) is 3.89. The number of hydrogen-bond acceptors (Lipinski definition) is 4. The van der Waals surface area contributed by atoms with Crippen molar-refractivity contribution >= 4 is 17.3 Å². The van der Waals surface area contributed by atoms with Gasteiger partial charge in [-0.15, -0.1) is 0 Å². The highest BCUT2D eigenvalue weighted by atomic mass is 19.1. The van der Waals surface area contributed by atoms with Crippen LogP contribution in [0.4, 0.5) is 15.8 Å². The SMILES string of the molecule is O=C(CCOc1ccccc1F)N1CCc2ccc([N+](=O)[O-])cc21. The zero-order valence-electron chi connectivity index (χ0n) is 12.8. The van der Waals surface area contributed by atoms with Crippen molar-refractivity contribution < 1.29 is 18.8 Å². The van der Waals surface area contributed by atoms with E-state index in [0.29, 0.717) is 18.7 Å². The van der Waals surface area contributed by atoms with Gasteiger partial charge in [-0.2, -0.15) is 0 Å². The van der Waals surface area contributed by atoms with Gasteiger partial charge in [-0.3, -0.25) is 14.9 Å². The van der Waals surface area contributed by atoms with Crippen LogP contribution in [0.25, 0.3) is 0 Å². The lowest BCUT2D eigenvalue weighted by Gasteiger charge is -2.17. The molecule has 0 fully saturated rings. The molecule has 0 radical (unpaired) electrons. The number of hydrogen-bond donors (Lipinski definition) is 0. The lowest BCUT2D eigenvalue weighted by molar-refractivity contribution is -0.384. The molecule has 2 aromatic carbocycles. The lowest BCUT2D eigenvalue weighted by Crippen LogP contribution is -2.30. The molecule has 1 amide bonds. The maximum Gasteiger partial charge on any atom is 0.271 e. The highest BCUT2D eigenvalue weighted by Gasteiger charge is 2.26. The van der Waals surface area contributed by atoms with Crippen molar-refractivity contribution in [1.82, 2.24) is 0 Å². The van der Waals surface area contributed by atoms with Crippen molar-refractivity contribution in [2.75, 3.05) is 18.1 Å². The summed E-state index contributed by atoms with van der Waals surface area (Å²) in [6, 6.07) is 10.5. The molecular weight excluding hydrogens is 315 g/mol. The van der Waals surface area contributed by atoms with Gasteiger partial charge in [0.25, 0.3) is 5.69 Å². The van der Waals surface area contributed by atoms with Crippen LogP contribution in [0, 0.1) is 15.9 Å². The molecule has 24 heavy (non-hydrogen) atoms. The number of carbonyl (C=O) groups excluding carboxylic acids is 1. The maximum absolute atomic E-state index is 13.4. The fraction of sp³-hybridized carbons (Fsp3) is 0.235. The highest BCUT2D eigenvalue weighted by Crippen LogP contribution is 2.32. The second kappa shape index (κ2) is 6.66. The second-order valence-corrected chi connectivity index (χ2v) is 5.39. The van der Waals surface area contributed by atoms with Gasteiger partial charge in [-0.25, -0.2) is 4.39 Å². The molecule has 6 nitrogen and oxygen atoms in total. The first-order valence-corrected chi connectivity index (χ1v) is 7.51. The van der Waals surface area contributed by atoms with Gasteiger partial charge in [0.1, 0.15) is 0 Å². The first-order chi connectivity index (χ1) is 11.6. The summed E-state index contributed by atoms with van der Waals surface area (Å²) < 4.78 is 18.7. The van der Waals surface area contributed by atoms with Crippen LogP contribution in [0.3, 0.4) is 0 Å². The van der Waals surface area contributed by atoms with Gasteiger partial charge in [0.15, 0.2) is 11.6 Å². The Morgan fingerprint density at radius 1 is 1.29 bits per heavy atom. The Hall–Kier alpha value is -2.96. The number of anilines is 1. The zero-order valence-corrected chi connectivity index (χ0v) is 12.8. The van der Waals surface area contributed by atoms with Crippen molar-refractivity contribution in [1.29, 1.82) is 0 Å². The minimum Gasteiger partial charge on any atom is -0.490 e. The number of non-ortho nitro benzene ring substituents is 1. The number of ether oxygens (including phenoxy) is 1. The summed E-state index contributed by atoms with van der Waals surface area (Å²) in [5, 5.41) is 10.9. The van der Waals surface area contributed by atoms with Gasteiger partial charge in [0.2, 0.25) is 5.91 Å². The van der Waals surface area contributed by atoms with E-state index in [1.165, 1.54) is 29.2 Å². The molecule has 1 heterocycles. The molecular formula is C17H15FN2O4. The summed E-state index contributed by atoms with van der Waals surface area (Å²) in [6.07, 6.45) is 0.726. The summed E-state index contributed by atoms with van der Waals surface area (Å²) in [6.45, 7) is 0.523. The summed E-state index contributed by atoms with van der Waals surface area (Å²) in [5.74, 6) is -0.583. The Bertz CT molecular complexity index is 794. The van der Waals surface area contributed by atoms with Crippen LogP contribution in [0.2, 0.25) is 0 Å². The van der Waals surface area contributed by atoms with Crippen molar-refractivity contribution in [3.63, 3.8) is 0 Å². The molecule has 124 valence electrons. The molecule has 0 aromatic heterocycles. The van der Waals surface area contributed by atoms with Crippen LogP contribution in [0.15, 0.2) is 42.5 Å². The molecule has 0 atom stereocenters.